The maximum absolute atomic E-state index is 4.57. The summed E-state index contributed by atoms with van der Waals surface area (Å²) in [5, 5.41) is 5.84. The Morgan fingerprint density at radius 3 is 2.53 bits per heavy atom. The van der Waals surface area contributed by atoms with Crippen LogP contribution in [0.3, 0.4) is 0 Å². The number of nitrogens with zero attached hydrogens (tertiary/aromatic N) is 2. The van der Waals surface area contributed by atoms with E-state index in [1.54, 1.807) is 0 Å². The third-order valence-corrected chi connectivity index (χ3v) is 2.85. The van der Waals surface area contributed by atoms with Crippen molar-refractivity contribution < 1.29 is 4.68 Å². The molecule has 2 aromatic rings. The van der Waals surface area contributed by atoms with E-state index in [1.807, 2.05) is 17.8 Å². The van der Waals surface area contributed by atoms with Crippen LogP contribution >= 0.6 is 0 Å². The second-order valence-electron chi connectivity index (χ2n) is 4.31. The summed E-state index contributed by atoms with van der Waals surface area (Å²) in [4.78, 5) is 0. The van der Waals surface area contributed by atoms with Gasteiger partial charge in [0.15, 0.2) is 7.05 Å². The van der Waals surface area contributed by atoms with Gasteiger partial charge in [0, 0.05) is 22.0 Å². The molecule has 0 N–H and O–H groups in total. The lowest BCUT2D eigenvalue weighted by Gasteiger charge is -2.07. The van der Waals surface area contributed by atoms with Gasteiger partial charge >= 0.3 is 0 Å². The minimum atomic E-state index is 0.507. The van der Waals surface area contributed by atoms with E-state index in [9.17, 15) is 0 Å². The predicted octanol–water partition coefficient (Wildman–Crippen LogP) is 2.49. The molecule has 0 aliphatic rings. The van der Waals surface area contributed by atoms with E-state index in [-0.39, 0.29) is 0 Å². The van der Waals surface area contributed by atoms with Crippen LogP contribution in [0.25, 0.3) is 10.9 Å². The molecule has 0 saturated carbocycles. The van der Waals surface area contributed by atoms with E-state index in [4.69, 9.17) is 0 Å². The monoisotopic (exact) mass is 201 g/mol. The molecular weight excluding hydrogens is 184 g/mol. The Morgan fingerprint density at radius 2 is 1.87 bits per heavy atom. The van der Waals surface area contributed by atoms with E-state index in [0.29, 0.717) is 5.92 Å². The smallest absolute Gasteiger partial charge is 0.0900 e. The standard InChI is InChI=1S/C13H17N2/c1-9(2)13-10(3)11-7-5-6-8-12(11)14-15(13)4/h5-9H,1-4H3/q+1. The molecule has 78 valence electrons. The van der Waals surface area contributed by atoms with Crippen LogP contribution in [0.2, 0.25) is 0 Å². The van der Waals surface area contributed by atoms with Gasteiger partial charge in [-0.3, -0.25) is 0 Å². The maximum atomic E-state index is 4.57. The van der Waals surface area contributed by atoms with Crippen LogP contribution in [0, 0.1) is 6.92 Å². The van der Waals surface area contributed by atoms with E-state index in [1.165, 1.54) is 16.6 Å². The van der Waals surface area contributed by atoms with Gasteiger partial charge in [-0.1, -0.05) is 36.7 Å². The molecule has 1 aromatic heterocycles. The van der Waals surface area contributed by atoms with Gasteiger partial charge in [-0.25, -0.2) is 0 Å². The molecule has 0 spiro atoms. The van der Waals surface area contributed by atoms with Crippen molar-refractivity contribution in [1.82, 2.24) is 5.10 Å². The molecule has 0 radical (unpaired) electrons. The number of hydrogen-bond donors (Lipinski definition) is 0. The van der Waals surface area contributed by atoms with Gasteiger partial charge in [-0.15, -0.1) is 0 Å². The Bertz CT molecular complexity index is 501. The van der Waals surface area contributed by atoms with Crippen molar-refractivity contribution in [2.24, 2.45) is 7.05 Å². The second-order valence-corrected chi connectivity index (χ2v) is 4.31. The lowest BCUT2D eigenvalue weighted by Crippen LogP contribution is -2.39. The minimum Gasteiger partial charge on any atom is -0.0900 e. The quantitative estimate of drug-likeness (QED) is 0.648. The SMILES string of the molecule is Cc1c(C(C)C)[n+](C)nc2ccccc12. The van der Waals surface area contributed by atoms with E-state index >= 15 is 0 Å². The number of hydrogen-bond acceptors (Lipinski definition) is 1. The highest BCUT2D eigenvalue weighted by Gasteiger charge is 2.19. The molecule has 1 heterocycles. The molecule has 2 rings (SSSR count). The summed E-state index contributed by atoms with van der Waals surface area (Å²) in [6.07, 6.45) is 0. The first-order chi connectivity index (χ1) is 7.11. The Hall–Kier alpha value is -1.44. The van der Waals surface area contributed by atoms with Crippen LogP contribution in [0.15, 0.2) is 24.3 Å². The van der Waals surface area contributed by atoms with Crippen molar-refractivity contribution in [3.05, 3.63) is 35.5 Å². The van der Waals surface area contributed by atoms with Gasteiger partial charge in [0.25, 0.3) is 0 Å². The Balaban J connectivity index is 2.84. The third-order valence-electron chi connectivity index (χ3n) is 2.85. The molecule has 2 heteroatoms. The molecule has 0 fully saturated rings. The van der Waals surface area contributed by atoms with E-state index in [2.05, 4.69) is 44.1 Å². The van der Waals surface area contributed by atoms with Crippen molar-refractivity contribution in [2.75, 3.05) is 0 Å². The van der Waals surface area contributed by atoms with Gasteiger partial charge in [0.05, 0.1) is 0 Å². The normalized spacial score (nSPS) is 11.3. The molecule has 15 heavy (non-hydrogen) atoms. The van der Waals surface area contributed by atoms with Crippen molar-refractivity contribution >= 4 is 10.9 Å². The van der Waals surface area contributed by atoms with Gasteiger partial charge in [0.1, 0.15) is 5.52 Å². The molecule has 0 amide bonds. The Morgan fingerprint density at radius 1 is 1.20 bits per heavy atom. The fourth-order valence-electron chi connectivity index (χ4n) is 2.28. The van der Waals surface area contributed by atoms with E-state index < -0.39 is 0 Å². The molecule has 2 nitrogen and oxygen atoms in total. The topological polar surface area (TPSA) is 16.8 Å². The summed E-state index contributed by atoms with van der Waals surface area (Å²) in [5.74, 6) is 0.507. The second kappa shape index (κ2) is 3.61. The van der Waals surface area contributed by atoms with Gasteiger partial charge in [-0.2, -0.15) is 0 Å². The van der Waals surface area contributed by atoms with Crippen LogP contribution in [0.4, 0.5) is 0 Å². The molecular formula is C13H17N2+. The molecule has 0 atom stereocenters. The lowest BCUT2D eigenvalue weighted by molar-refractivity contribution is -0.736. The Kier molecular flexibility index (Phi) is 2.43. The van der Waals surface area contributed by atoms with Gasteiger partial charge in [-0.05, 0) is 13.0 Å². The first-order valence-corrected chi connectivity index (χ1v) is 5.37. The number of aromatic nitrogens is 2. The zero-order chi connectivity index (χ0) is 11.0. The summed E-state index contributed by atoms with van der Waals surface area (Å²) >= 11 is 0. The van der Waals surface area contributed by atoms with Crippen molar-refractivity contribution in [1.29, 1.82) is 0 Å². The third kappa shape index (κ3) is 1.60. The van der Waals surface area contributed by atoms with Crippen molar-refractivity contribution in [2.45, 2.75) is 26.7 Å². The Labute approximate surface area is 90.6 Å². The summed E-state index contributed by atoms with van der Waals surface area (Å²) in [6, 6.07) is 8.31. The molecule has 0 saturated heterocycles. The summed E-state index contributed by atoms with van der Waals surface area (Å²) < 4.78 is 2.00. The fourth-order valence-corrected chi connectivity index (χ4v) is 2.28. The minimum absolute atomic E-state index is 0.507. The first-order valence-electron chi connectivity index (χ1n) is 5.37. The molecule has 0 aliphatic carbocycles. The number of benzene rings is 1. The van der Waals surface area contributed by atoms with Crippen LogP contribution in [-0.4, -0.2) is 5.10 Å². The lowest BCUT2D eigenvalue weighted by atomic mass is 10.0. The van der Waals surface area contributed by atoms with Crippen LogP contribution < -0.4 is 4.68 Å². The maximum Gasteiger partial charge on any atom is 0.214 e. The summed E-state index contributed by atoms with van der Waals surface area (Å²) in [5.41, 5.74) is 3.73. The van der Waals surface area contributed by atoms with Gasteiger partial charge < -0.3 is 0 Å². The highest BCUT2D eigenvalue weighted by atomic mass is 15.3. The predicted molar refractivity (Wildman–Crippen MR) is 61.7 cm³/mol. The van der Waals surface area contributed by atoms with Crippen LogP contribution in [0.1, 0.15) is 31.0 Å². The van der Waals surface area contributed by atoms with Gasteiger partial charge in [0.2, 0.25) is 5.69 Å². The number of aryl methyl sites for hydroxylation is 2. The van der Waals surface area contributed by atoms with E-state index in [0.717, 1.165) is 5.52 Å². The largest absolute Gasteiger partial charge is 0.214 e. The molecule has 0 aliphatic heterocycles. The molecule has 1 aromatic carbocycles. The average molecular weight is 201 g/mol. The number of fused-ring (bicyclic) bond motifs is 1. The van der Waals surface area contributed by atoms with Crippen LogP contribution in [-0.2, 0) is 7.05 Å². The molecule has 0 bridgehead atoms. The van der Waals surface area contributed by atoms with Crippen molar-refractivity contribution in [3.63, 3.8) is 0 Å². The van der Waals surface area contributed by atoms with Crippen molar-refractivity contribution in [3.8, 4) is 0 Å². The summed E-state index contributed by atoms with van der Waals surface area (Å²) in [6.45, 7) is 6.59. The highest BCUT2D eigenvalue weighted by Crippen LogP contribution is 2.21. The molecule has 0 unspecified atom stereocenters. The summed E-state index contributed by atoms with van der Waals surface area (Å²) in [7, 11) is 2.02. The first kappa shape index (κ1) is 10.1. The zero-order valence-electron chi connectivity index (χ0n) is 9.78. The fraction of sp³-hybridized carbons (Fsp3) is 0.385. The average Bonchev–Trinajstić information content (AvgIpc) is 2.17. The number of rotatable bonds is 1. The highest BCUT2D eigenvalue weighted by molar-refractivity contribution is 5.81. The van der Waals surface area contributed by atoms with Crippen LogP contribution in [0.5, 0.6) is 0 Å². The zero-order valence-corrected chi connectivity index (χ0v) is 9.78.